The van der Waals surface area contributed by atoms with Crippen LogP contribution in [-0.2, 0) is 21.4 Å². The van der Waals surface area contributed by atoms with Gasteiger partial charge in [0.15, 0.2) is 0 Å². The lowest BCUT2D eigenvalue weighted by atomic mass is 10.2. The second-order valence-corrected chi connectivity index (χ2v) is 6.57. The lowest BCUT2D eigenvalue weighted by Gasteiger charge is -2.10. The summed E-state index contributed by atoms with van der Waals surface area (Å²) < 4.78 is 45.4. The van der Waals surface area contributed by atoms with Gasteiger partial charge in [-0.15, -0.1) is 0 Å². The first-order valence-corrected chi connectivity index (χ1v) is 8.44. The van der Waals surface area contributed by atoms with Crippen LogP contribution in [0.15, 0.2) is 17.0 Å². The molecule has 1 rings (SSSR count). The van der Waals surface area contributed by atoms with Crippen LogP contribution in [-0.4, -0.2) is 33.3 Å². The number of hydrogen-bond donors (Lipinski definition) is 2. The molecule has 0 aliphatic rings. The van der Waals surface area contributed by atoms with Crippen molar-refractivity contribution in [3.63, 3.8) is 0 Å². The molecule has 2 N–H and O–H groups in total. The maximum absolute atomic E-state index is 14.0. The highest BCUT2D eigenvalue weighted by Crippen LogP contribution is 2.23. The summed E-state index contributed by atoms with van der Waals surface area (Å²) in [5.74, 6) is -0.999. The first kappa shape index (κ1) is 18.3. The third kappa shape index (κ3) is 5.52. The Kier molecular flexibility index (Phi) is 7.55. The van der Waals surface area contributed by atoms with Crippen LogP contribution in [0.4, 0.5) is 4.39 Å². The normalized spacial score (nSPS) is 11.8. The van der Waals surface area contributed by atoms with Crippen molar-refractivity contribution in [1.82, 2.24) is 4.72 Å². The van der Waals surface area contributed by atoms with E-state index in [0.29, 0.717) is 6.61 Å². The van der Waals surface area contributed by atoms with Crippen molar-refractivity contribution in [1.29, 1.82) is 0 Å². The molecule has 0 aliphatic heterocycles. The van der Waals surface area contributed by atoms with Crippen molar-refractivity contribution in [2.75, 3.05) is 19.8 Å². The molecule has 0 aliphatic carbocycles. The highest BCUT2D eigenvalue weighted by atomic mass is 35.5. The topological polar surface area (TPSA) is 75.6 Å². The van der Waals surface area contributed by atoms with Gasteiger partial charge >= 0.3 is 0 Å². The molecule has 0 saturated carbocycles. The fourth-order valence-corrected chi connectivity index (χ4v) is 3.07. The summed E-state index contributed by atoms with van der Waals surface area (Å²) in [6, 6.07) is 2.19. The van der Waals surface area contributed by atoms with Gasteiger partial charge in [-0.2, -0.15) is 0 Å². The van der Waals surface area contributed by atoms with E-state index in [1.807, 2.05) is 6.92 Å². The molecule has 0 amide bonds. The molecular weight excluding hydrogens is 321 g/mol. The SMILES string of the molecule is CCCCOCCNS(=O)(=O)c1cc(Cl)cc(CO)c1F. The Balaban J connectivity index is 2.72. The van der Waals surface area contributed by atoms with E-state index in [4.69, 9.17) is 21.4 Å². The van der Waals surface area contributed by atoms with Crippen LogP contribution in [0.2, 0.25) is 5.02 Å². The van der Waals surface area contributed by atoms with Gasteiger partial charge < -0.3 is 9.84 Å². The van der Waals surface area contributed by atoms with Crippen LogP contribution in [0, 0.1) is 5.82 Å². The Morgan fingerprint density at radius 1 is 1.38 bits per heavy atom. The van der Waals surface area contributed by atoms with Gasteiger partial charge in [-0.1, -0.05) is 24.9 Å². The number of halogens is 2. The molecular formula is C13H19ClFNO4S. The standard InChI is InChI=1S/C13H19ClFNO4S/c1-2-3-5-20-6-4-16-21(18,19)12-8-11(14)7-10(9-17)13(12)15/h7-8,16-17H,2-6,9H2,1H3. The molecule has 0 spiro atoms. The number of rotatable bonds is 9. The Labute approximate surface area is 129 Å². The molecule has 21 heavy (non-hydrogen) atoms. The Morgan fingerprint density at radius 2 is 2.10 bits per heavy atom. The van der Waals surface area contributed by atoms with Crippen LogP contribution in [0.3, 0.4) is 0 Å². The van der Waals surface area contributed by atoms with E-state index >= 15 is 0 Å². The molecule has 1 aromatic rings. The first-order chi connectivity index (χ1) is 9.92. The number of hydrogen-bond acceptors (Lipinski definition) is 4. The highest BCUT2D eigenvalue weighted by Gasteiger charge is 2.21. The summed E-state index contributed by atoms with van der Waals surface area (Å²) >= 11 is 5.73. The first-order valence-electron chi connectivity index (χ1n) is 6.58. The number of aliphatic hydroxyl groups excluding tert-OH is 1. The highest BCUT2D eigenvalue weighted by molar-refractivity contribution is 7.89. The summed E-state index contributed by atoms with van der Waals surface area (Å²) in [7, 11) is -4.04. The number of sulfonamides is 1. The van der Waals surface area contributed by atoms with Crippen LogP contribution < -0.4 is 4.72 Å². The van der Waals surface area contributed by atoms with Gasteiger partial charge in [-0.3, -0.25) is 0 Å². The lowest BCUT2D eigenvalue weighted by Crippen LogP contribution is -2.28. The van der Waals surface area contributed by atoms with Crippen LogP contribution in [0.25, 0.3) is 0 Å². The zero-order valence-electron chi connectivity index (χ0n) is 11.7. The molecule has 1 aromatic carbocycles. The molecule has 0 aromatic heterocycles. The fourth-order valence-electron chi connectivity index (χ4n) is 1.60. The van der Waals surface area contributed by atoms with Crippen molar-refractivity contribution in [2.24, 2.45) is 0 Å². The average molecular weight is 340 g/mol. The number of ether oxygens (including phenoxy) is 1. The van der Waals surface area contributed by atoms with Crippen LogP contribution in [0.1, 0.15) is 25.3 Å². The van der Waals surface area contributed by atoms with E-state index in [9.17, 15) is 12.8 Å². The molecule has 0 fully saturated rings. The van der Waals surface area contributed by atoms with Crippen LogP contribution >= 0.6 is 11.6 Å². The predicted octanol–water partition coefficient (Wildman–Crippen LogP) is 2.07. The van der Waals surface area contributed by atoms with E-state index in [2.05, 4.69) is 4.72 Å². The zero-order chi connectivity index (χ0) is 15.9. The summed E-state index contributed by atoms with van der Waals surface area (Å²) in [5, 5.41) is 9.04. The third-order valence-corrected chi connectivity index (χ3v) is 4.40. The molecule has 5 nitrogen and oxygen atoms in total. The quantitative estimate of drug-likeness (QED) is 0.675. The zero-order valence-corrected chi connectivity index (χ0v) is 13.3. The number of nitrogens with one attached hydrogen (secondary N) is 1. The maximum Gasteiger partial charge on any atom is 0.243 e. The van der Waals surface area contributed by atoms with Gasteiger partial charge in [0.05, 0.1) is 13.2 Å². The minimum Gasteiger partial charge on any atom is -0.392 e. The Bertz CT molecular complexity index is 566. The van der Waals surface area contributed by atoms with Gasteiger partial charge in [0, 0.05) is 23.7 Å². The average Bonchev–Trinajstić information content (AvgIpc) is 2.44. The minimum atomic E-state index is -4.04. The van der Waals surface area contributed by atoms with E-state index in [-0.39, 0.29) is 23.7 Å². The van der Waals surface area contributed by atoms with Crippen molar-refractivity contribution in [3.8, 4) is 0 Å². The largest absolute Gasteiger partial charge is 0.392 e. The van der Waals surface area contributed by atoms with E-state index in [1.54, 1.807) is 0 Å². The van der Waals surface area contributed by atoms with Crippen LogP contribution in [0.5, 0.6) is 0 Å². The lowest BCUT2D eigenvalue weighted by molar-refractivity contribution is 0.136. The number of benzene rings is 1. The van der Waals surface area contributed by atoms with Gasteiger partial charge in [0.1, 0.15) is 10.7 Å². The van der Waals surface area contributed by atoms with E-state index in [0.717, 1.165) is 18.9 Å². The maximum atomic E-state index is 14.0. The van der Waals surface area contributed by atoms with Gasteiger partial charge in [0.2, 0.25) is 10.0 Å². The summed E-state index contributed by atoms with van der Waals surface area (Å²) in [4.78, 5) is -0.576. The summed E-state index contributed by atoms with van der Waals surface area (Å²) in [6.07, 6.45) is 1.89. The second-order valence-electron chi connectivity index (χ2n) is 4.40. The minimum absolute atomic E-state index is 0.0342. The summed E-state index contributed by atoms with van der Waals surface area (Å²) in [6.45, 7) is 2.18. The number of unbranched alkanes of at least 4 members (excludes halogenated alkanes) is 1. The van der Waals surface area contributed by atoms with Crippen molar-refractivity contribution >= 4 is 21.6 Å². The molecule has 0 saturated heterocycles. The predicted molar refractivity (Wildman–Crippen MR) is 78.2 cm³/mol. The number of aliphatic hydroxyl groups is 1. The molecule has 120 valence electrons. The van der Waals surface area contributed by atoms with Gasteiger partial charge in [0.25, 0.3) is 0 Å². The summed E-state index contributed by atoms with van der Waals surface area (Å²) in [5.41, 5.74) is -0.165. The Morgan fingerprint density at radius 3 is 2.71 bits per heavy atom. The smallest absolute Gasteiger partial charge is 0.243 e. The third-order valence-electron chi connectivity index (χ3n) is 2.72. The van der Waals surface area contributed by atoms with Gasteiger partial charge in [-0.25, -0.2) is 17.5 Å². The Hall–Kier alpha value is -0.730. The van der Waals surface area contributed by atoms with E-state index < -0.39 is 27.3 Å². The van der Waals surface area contributed by atoms with Crippen molar-refractivity contribution in [3.05, 3.63) is 28.5 Å². The molecule has 0 unspecified atom stereocenters. The van der Waals surface area contributed by atoms with Crippen molar-refractivity contribution in [2.45, 2.75) is 31.3 Å². The molecule has 0 bridgehead atoms. The fraction of sp³-hybridized carbons (Fsp3) is 0.538. The monoisotopic (exact) mass is 339 g/mol. The molecule has 0 heterocycles. The molecule has 8 heteroatoms. The van der Waals surface area contributed by atoms with Gasteiger partial charge in [-0.05, 0) is 18.6 Å². The molecule has 0 radical (unpaired) electrons. The van der Waals surface area contributed by atoms with E-state index in [1.165, 1.54) is 6.07 Å². The van der Waals surface area contributed by atoms with Crippen molar-refractivity contribution < 1.29 is 22.7 Å². The molecule has 0 atom stereocenters. The second kappa shape index (κ2) is 8.65.